The standard InChI is InChI=1S/C18H24N4OS.2ClH/c19-9-6-17-21-16(13-24-17)18(23)20-15-7-10-22(11-8-15)12-14-4-2-1-3-5-14;;/h1-5,13,15H,6-12,19H2,(H,20,23);2*1H. The van der Waals surface area contributed by atoms with Crippen molar-refractivity contribution >= 4 is 42.1 Å². The number of piperidine rings is 1. The van der Waals surface area contributed by atoms with Gasteiger partial charge in [-0.1, -0.05) is 30.3 Å². The highest BCUT2D eigenvalue weighted by molar-refractivity contribution is 7.09. The van der Waals surface area contributed by atoms with Crippen LogP contribution in [0.2, 0.25) is 0 Å². The van der Waals surface area contributed by atoms with Gasteiger partial charge in [0, 0.05) is 37.5 Å². The van der Waals surface area contributed by atoms with Crippen LogP contribution < -0.4 is 11.1 Å². The molecule has 8 heteroatoms. The van der Waals surface area contributed by atoms with Crippen LogP contribution in [0.4, 0.5) is 0 Å². The lowest BCUT2D eigenvalue weighted by molar-refractivity contribution is 0.0904. The molecule has 1 aliphatic rings. The topological polar surface area (TPSA) is 71.2 Å². The molecule has 26 heavy (non-hydrogen) atoms. The van der Waals surface area contributed by atoms with Crippen molar-refractivity contribution in [3.05, 3.63) is 52.0 Å². The average Bonchev–Trinajstić information content (AvgIpc) is 3.07. The van der Waals surface area contributed by atoms with Gasteiger partial charge in [0.1, 0.15) is 5.69 Å². The minimum atomic E-state index is -0.0592. The Balaban J connectivity index is 0.00000169. The smallest absolute Gasteiger partial charge is 0.270 e. The number of hydrogen-bond acceptors (Lipinski definition) is 5. The molecule has 1 aromatic heterocycles. The lowest BCUT2D eigenvalue weighted by Crippen LogP contribution is -2.44. The van der Waals surface area contributed by atoms with E-state index in [1.807, 2.05) is 11.4 Å². The van der Waals surface area contributed by atoms with Crippen LogP contribution in [-0.2, 0) is 13.0 Å². The van der Waals surface area contributed by atoms with E-state index in [1.165, 1.54) is 16.9 Å². The van der Waals surface area contributed by atoms with Crippen molar-refractivity contribution in [2.45, 2.75) is 31.8 Å². The van der Waals surface area contributed by atoms with Crippen LogP contribution in [0.15, 0.2) is 35.7 Å². The Labute approximate surface area is 171 Å². The fourth-order valence-electron chi connectivity index (χ4n) is 2.99. The maximum atomic E-state index is 12.3. The molecule has 144 valence electrons. The van der Waals surface area contributed by atoms with E-state index in [0.717, 1.165) is 43.9 Å². The average molecular weight is 417 g/mol. The Bertz CT molecular complexity index is 660. The largest absolute Gasteiger partial charge is 0.348 e. The second kappa shape index (κ2) is 11.5. The van der Waals surface area contributed by atoms with E-state index in [-0.39, 0.29) is 36.8 Å². The van der Waals surface area contributed by atoms with Crippen LogP contribution in [-0.4, -0.2) is 41.5 Å². The molecular formula is C18H26Cl2N4OS. The van der Waals surface area contributed by atoms with Gasteiger partial charge in [-0.3, -0.25) is 9.69 Å². The van der Waals surface area contributed by atoms with E-state index in [1.54, 1.807) is 0 Å². The third kappa shape index (κ3) is 6.52. The minimum absolute atomic E-state index is 0. The first-order valence-electron chi connectivity index (χ1n) is 8.46. The minimum Gasteiger partial charge on any atom is -0.348 e. The van der Waals surface area contributed by atoms with Crippen LogP contribution in [0.5, 0.6) is 0 Å². The molecule has 0 bridgehead atoms. The van der Waals surface area contributed by atoms with E-state index < -0.39 is 0 Å². The summed E-state index contributed by atoms with van der Waals surface area (Å²) in [6.07, 6.45) is 2.70. The van der Waals surface area contributed by atoms with Crippen molar-refractivity contribution in [3.8, 4) is 0 Å². The lowest BCUT2D eigenvalue weighted by atomic mass is 10.0. The molecule has 0 spiro atoms. The van der Waals surface area contributed by atoms with Crippen molar-refractivity contribution < 1.29 is 4.79 Å². The van der Waals surface area contributed by atoms with Crippen molar-refractivity contribution in [2.75, 3.05) is 19.6 Å². The number of carbonyl (C=O) groups is 1. The van der Waals surface area contributed by atoms with E-state index in [9.17, 15) is 4.79 Å². The third-order valence-corrected chi connectivity index (χ3v) is 5.22. The second-order valence-electron chi connectivity index (χ2n) is 6.17. The van der Waals surface area contributed by atoms with Crippen LogP contribution in [0.1, 0.15) is 33.9 Å². The van der Waals surface area contributed by atoms with Crippen LogP contribution in [0.3, 0.4) is 0 Å². The normalized spacial score (nSPS) is 15.0. The number of benzene rings is 1. The van der Waals surface area contributed by atoms with Crippen molar-refractivity contribution in [3.63, 3.8) is 0 Å². The van der Waals surface area contributed by atoms with Gasteiger partial charge in [-0.15, -0.1) is 36.2 Å². The van der Waals surface area contributed by atoms with Gasteiger partial charge >= 0.3 is 0 Å². The number of halogens is 2. The Morgan fingerprint density at radius 2 is 1.92 bits per heavy atom. The summed E-state index contributed by atoms with van der Waals surface area (Å²) >= 11 is 1.51. The second-order valence-corrected chi connectivity index (χ2v) is 7.12. The molecule has 2 heterocycles. The van der Waals surface area contributed by atoms with E-state index in [0.29, 0.717) is 12.2 Å². The number of thiazole rings is 1. The van der Waals surface area contributed by atoms with E-state index >= 15 is 0 Å². The highest BCUT2D eigenvalue weighted by atomic mass is 35.5. The van der Waals surface area contributed by atoms with Crippen molar-refractivity contribution in [2.24, 2.45) is 5.73 Å². The molecule has 0 saturated carbocycles. The monoisotopic (exact) mass is 416 g/mol. The maximum Gasteiger partial charge on any atom is 0.270 e. The molecule has 0 aliphatic carbocycles. The Morgan fingerprint density at radius 3 is 2.58 bits per heavy atom. The number of amides is 1. The molecular weight excluding hydrogens is 391 g/mol. The third-order valence-electron chi connectivity index (χ3n) is 4.31. The van der Waals surface area contributed by atoms with Gasteiger partial charge in [-0.25, -0.2) is 4.98 Å². The van der Waals surface area contributed by atoms with E-state index in [2.05, 4.69) is 39.5 Å². The number of hydrogen-bond donors (Lipinski definition) is 2. The Hall–Kier alpha value is -1.18. The summed E-state index contributed by atoms with van der Waals surface area (Å²) in [7, 11) is 0. The number of likely N-dealkylation sites (tertiary alicyclic amines) is 1. The summed E-state index contributed by atoms with van der Waals surface area (Å²) in [5.74, 6) is -0.0592. The van der Waals surface area contributed by atoms with Gasteiger partial charge in [0.15, 0.2) is 0 Å². The van der Waals surface area contributed by atoms with Gasteiger partial charge in [0.05, 0.1) is 5.01 Å². The molecule has 3 N–H and O–H groups in total. The van der Waals surface area contributed by atoms with Gasteiger partial charge < -0.3 is 11.1 Å². The zero-order valence-corrected chi connectivity index (χ0v) is 17.0. The molecule has 0 atom stereocenters. The highest BCUT2D eigenvalue weighted by Gasteiger charge is 2.22. The molecule has 0 radical (unpaired) electrons. The van der Waals surface area contributed by atoms with Crippen LogP contribution in [0, 0.1) is 0 Å². The number of aromatic nitrogens is 1. The Morgan fingerprint density at radius 1 is 1.23 bits per heavy atom. The summed E-state index contributed by atoms with van der Waals surface area (Å²) in [5.41, 5.74) is 7.39. The zero-order valence-electron chi connectivity index (χ0n) is 14.6. The zero-order chi connectivity index (χ0) is 16.8. The summed E-state index contributed by atoms with van der Waals surface area (Å²) in [6.45, 7) is 3.56. The SMILES string of the molecule is Cl.Cl.NCCc1nc(C(=O)NC2CCN(Cc3ccccc3)CC2)cs1. The number of nitrogens with two attached hydrogens (primary N) is 1. The van der Waals surface area contributed by atoms with Crippen LogP contribution in [0.25, 0.3) is 0 Å². The first-order valence-corrected chi connectivity index (χ1v) is 9.34. The van der Waals surface area contributed by atoms with Gasteiger partial charge in [-0.2, -0.15) is 0 Å². The molecule has 5 nitrogen and oxygen atoms in total. The summed E-state index contributed by atoms with van der Waals surface area (Å²) in [6, 6.07) is 10.8. The van der Waals surface area contributed by atoms with Gasteiger partial charge in [-0.05, 0) is 24.9 Å². The number of carbonyl (C=O) groups excluding carboxylic acids is 1. The molecule has 1 amide bonds. The number of nitrogens with zero attached hydrogens (tertiary/aromatic N) is 2. The fourth-order valence-corrected chi connectivity index (χ4v) is 3.78. The summed E-state index contributed by atoms with van der Waals surface area (Å²) in [5, 5.41) is 5.88. The molecule has 1 aromatic carbocycles. The number of nitrogens with one attached hydrogen (secondary N) is 1. The molecule has 2 aromatic rings. The first-order chi connectivity index (χ1) is 11.7. The highest BCUT2D eigenvalue weighted by Crippen LogP contribution is 2.15. The fraction of sp³-hybridized carbons (Fsp3) is 0.444. The van der Waals surface area contributed by atoms with Gasteiger partial charge in [0.2, 0.25) is 0 Å². The predicted octanol–water partition coefficient (Wildman–Crippen LogP) is 2.88. The Kier molecular flexibility index (Phi) is 10.1. The number of rotatable bonds is 6. The summed E-state index contributed by atoms with van der Waals surface area (Å²) < 4.78 is 0. The first kappa shape index (κ1) is 22.9. The van der Waals surface area contributed by atoms with Gasteiger partial charge in [0.25, 0.3) is 5.91 Å². The molecule has 3 rings (SSSR count). The molecule has 1 saturated heterocycles. The predicted molar refractivity (Wildman–Crippen MR) is 112 cm³/mol. The van der Waals surface area contributed by atoms with Crippen molar-refractivity contribution in [1.29, 1.82) is 0 Å². The molecule has 0 unspecified atom stereocenters. The summed E-state index contributed by atoms with van der Waals surface area (Å²) in [4.78, 5) is 19.1. The van der Waals surface area contributed by atoms with Crippen molar-refractivity contribution in [1.82, 2.24) is 15.2 Å². The lowest BCUT2D eigenvalue weighted by Gasteiger charge is -2.32. The van der Waals surface area contributed by atoms with E-state index in [4.69, 9.17) is 5.73 Å². The maximum absolute atomic E-state index is 12.3. The molecule has 1 fully saturated rings. The molecule has 1 aliphatic heterocycles. The van der Waals surface area contributed by atoms with Crippen LogP contribution >= 0.6 is 36.2 Å². The quantitative estimate of drug-likeness (QED) is 0.758.